The maximum atomic E-state index is 6.13. The van der Waals surface area contributed by atoms with Crippen molar-refractivity contribution >= 4 is 11.5 Å². The molecule has 1 atom stereocenters. The Morgan fingerprint density at radius 3 is 2.67 bits per heavy atom. The van der Waals surface area contributed by atoms with Crippen LogP contribution in [-0.2, 0) is 4.74 Å². The molecule has 2 rings (SSSR count). The van der Waals surface area contributed by atoms with E-state index in [0.29, 0.717) is 35.7 Å². The second-order valence-corrected chi connectivity index (χ2v) is 6.15. The fourth-order valence-corrected chi connectivity index (χ4v) is 2.13. The Morgan fingerprint density at radius 1 is 1.33 bits per heavy atom. The predicted molar refractivity (Wildman–Crippen MR) is 83.5 cm³/mol. The lowest BCUT2D eigenvalue weighted by atomic mass is 10.2. The molecule has 3 N–H and O–H groups in total. The van der Waals surface area contributed by atoms with E-state index in [-0.39, 0.29) is 12.1 Å². The topological polar surface area (TPSA) is 82.3 Å². The molecule has 118 valence electrons. The minimum Gasteiger partial charge on any atom is -0.476 e. The van der Waals surface area contributed by atoms with Crippen LogP contribution in [-0.4, -0.2) is 29.2 Å². The highest BCUT2D eigenvalue weighted by Gasteiger charge is 2.24. The highest BCUT2D eigenvalue weighted by atomic mass is 16.5. The molecule has 0 aromatic carbocycles. The number of hydrogen-bond acceptors (Lipinski definition) is 6. The minimum absolute atomic E-state index is 0.0558. The number of aromatic nitrogens is 2. The zero-order valence-corrected chi connectivity index (χ0v) is 13.3. The van der Waals surface area contributed by atoms with Gasteiger partial charge < -0.3 is 20.5 Å². The van der Waals surface area contributed by atoms with E-state index in [0.717, 1.165) is 19.4 Å². The lowest BCUT2D eigenvalue weighted by Gasteiger charge is -2.18. The van der Waals surface area contributed by atoms with Crippen molar-refractivity contribution in [3.8, 4) is 5.88 Å². The first-order valence-corrected chi connectivity index (χ1v) is 7.65. The van der Waals surface area contributed by atoms with Gasteiger partial charge in [-0.2, -0.15) is 4.98 Å². The summed E-state index contributed by atoms with van der Waals surface area (Å²) in [7, 11) is 0. The molecule has 0 spiro atoms. The molecule has 6 heteroatoms. The molecule has 1 unspecified atom stereocenters. The molecular formula is C15H26N4O2. The predicted octanol–water partition coefficient (Wildman–Crippen LogP) is 2.77. The van der Waals surface area contributed by atoms with E-state index < -0.39 is 0 Å². The van der Waals surface area contributed by atoms with Crippen LogP contribution in [0.1, 0.15) is 52.5 Å². The summed E-state index contributed by atoms with van der Waals surface area (Å²) in [6.45, 7) is 9.60. The summed E-state index contributed by atoms with van der Waals surface area (Å²) in [5.41, 5.74) is 6.60. The van der Waals surface area contributed by atoms with Crippen molar-refractivity contribution in [2.24, 2.45) is 5.92 Å². The molecule has 1 aromatic rings. The quantitative estimate of drug-likeness (QED) is 0.839. The molecule has 1 saturated heterocycles. The van der Waals surface area contributed by atoms with Gasteiger partial charge in [0.15, 0.2) is 11.6 Å². The van der Waals surface area contributed by atoms with E-state index in [1.165, 1.54) is 0 Å². The number of nitrogens with one attached hydrogen (secondary N) is 1. The van der Waals surface area contributed by atoms with Crippen molar-refractivity contribution in [2.45, 2.75) is 52.7 Å². The normalized spacial score (nSPS) is 18.5. The van der Waals surface area contributed by atoms with Crippen LogP contribution < -0.4 is 15.8 Å². The Morgan fingerprint density at radius 2 is 2.10 bits per heavy atom. The standard InChI is InChI=1S/C15H26N4O2/c1-9(2)8-21-15-12(16)14(17-10(3)4)18-13(19-15)11-6-5-7-20-11/h9-11H,5-8,16H2,1-4H3,(H,17,18,19). The van der Waals surface area contributed by atoms with Gasteiger partial charge in [-0.05, 0) is 32.6 Å². The van der Waals surface area contributed by atoms with Crippen molar-refractivity contribution in [1.82, 2.24) is 9.97 Å². The number of nitrogens with zero attached hydrogens (tertiary/aromatic N) is 2. The van der Waals surface area contributed by atoms with Crippen molar-refractivity contribution in [3.05, 3.63) is 5.82 Å². The van der Waals surface area contributed by atoms with Crippen LogP contribution >= 0.6 is 0 Å². The zero-order chi connectivity index (χ0) is 15.4. The van der Waals surface area contributed by atoms with Gasteiger partial charge in [0.1, 0.15) is 11.8 Å². The fraction of sp³-hybridized carbons (Fsp3) is 0.733. The Kier molecular flexibility index (Phi) is 5.22. The number of hydrogen-bond donors (Lipinski definition) is 2. The van der Waals surface area contributed by atoms with Crippen LogP contribution in [0.2, 0.25) is 0 Å². The lowest BCUT2D eigenvalue weighted by molar-refractivity contribution is 0.104. The second kappa shape index (κ2) is 6.93. The van der Waals surface area contributed by atoms with Gasteiger partial charge in [0, 0.05) is 12.6 Å². The van der Waals surface area contributed by atoms with Crippen LogP contribution in [0.25, 0.3) is 0 Å². The smallest absolute Gasteiger partial charge is 0.242 e. The van der Waals surface area contributed by atoms with Crippen LogP contribution in [0.3, 0.4) is 0 Å². The molecular weight excluding hydrogens is 268 g/mol. The van der Waals surface area contributed by atoms with Crippen LogP contribution in [0.15, 0.2) is 0 Å². The second-order valence-electron chi connectivity index (χ2n) is 6.15. The van der Waals surface area contributed by atoms with Gasteiger partial charge in [0.2, 0.25) is 5.88 Å². The van der Waals surface area contributed by atoms with Crippen molar-refractivity contribution in [2.75, 3.05) is 24.3 Å². The van der Waals surface area contributed by atoms with Crippen LogP contribution in [0, 0.1) is 5.92 Å². The summed E-state index contributed by atoms with van der Waals surface area (Å²) in [5.74, 6) is 2.15. The monoisotopic (exact) mass is 294 g/mol. The SMILES string of the molecule is CC(C)COc1nc(C2CCCO2)nc(NC(C)C)c1N. The molecule has 1 aliphatic heterocycles. The fourth-order valence-electron chi connectivity index (χ4n) is 2.13. The third-order valence-corrected chi connectivity index (χ3v) is 3.12. The summed E-state index contributed by atoms with van der Waals surface area (Å²) >= 11 is 0. The molecule has 0 radical (unpaired) electrons. The average Bonchev–Trinajstić information content (AvgIpc) is 2.93. The number of rotatable bonds is 6. The van der Waals surface area contributed by atoms with E-state index in [4.69, 9.17) is 15.2 Å². The highest BCUT2D eigenvalue weighted by Crippen LogP contribution is 2.33. The zero-order valence-electron chi connectivity index (χ0n) is 13.3. The van der Waals surface area contributed by atoms with E-state index in [1.807, 2.05) is 13.8 Å². The Labute approximate surface area is 126 Å². The number of ether oxygens (including phenoxy) is 2. The van der Waals surface area contributed by atoms with Gasteiger partial charge in [-0.1, -0.05) is 13.8 Å². The van der Waals surface area contributed by atoms with Crippen molar-refractivity contribution in [3.63, 3.8) is 0 Å². The lowest BCUT2D eigenvalue weighted by Crippen LogP contribution is -2.17. The van der Waals surface area contributed by atoms with Gasteiger partial charge in [0.05, 0.1) is 6.61 Å². The summed E-state index contributed by atoms with van der Waals surface area (Å²) in [4.78, 5) is 9.00. The maximum absolute atomic E-state index is 6.13. The first kappa shape index (κ1) is 15.8. The third kappa shape index (κ3) is 4.20. The van der Waals surface area contributed by atoms with E-state index in [9.17, 15) is 0 Å². The summed E-state index contributed by atoms with van der Waals surface area (Å²) in [5, 5.41) is 3.25. The average molecular weight is 294 g/mol. The molecule has 1 aromatic heterocycles. The first-order chi connectivity index (χ1) is 9.97. The Hall–Kier alpha value is -1.56. The van der Waals surface area contributed by atoms with E-state index in [1.54, 1.807) is 0 Å². The molecule has 0 aliphatic carbocycles. The van der Waals surface area contributed by atoms with Crippen LogP contribution in [0.4, 0.5) is 11.5 Å². The van der Waals surface area contributed by atoms with Gasteiger partial charge >= 0.3 is 0 Å². The summed E-state index contributed by atoms with van der Waals surface area (Å²) in [6, 6.07) is 0.234. The highest BCUT2D eigenvalue weighted by molar-refractivity contribution is 5.67. The van der Waals surface area contributed by atoms with Crippen molar-refractivity contribution < 1.29 is 9.47 Å². The van der Waals surface area contributed by atoms with Gasteiger partial charge in [-0.25, -0.2) is 4.98 Å². The first-order valence-electron chi connectivity index (χ1n) is 7.65. The molecule has 2 heterocycles. The third-order valence-electron chi connectivity index (χ3n) is 3.12. The number of anilines is 2. The molecule has 0 amide bonds. The number of nitrogens with two attached hydrogens (primary N) is 1. The molecule has 21 heavy (non-hydrogen) atoms. The largest absolute Gasteiger partial charge is 0.476 e. The van der Waals surface area contributed by atoms with E-state index in [2.05, 4.69) is 29.1 Å². The molecule has 1 aliphatic rings. The summed E-state index contributed by atoms with van der Waals surface area (Å²) < 4.78 is 11.4. The Balaban J connectivity index is 2.29. The molecule has 6 nitrogen and oxygen atoms in total. The van der Waals surface area contributed by atoms with E-state index >= 15 is 0 Å². The molecule has 0 saturated carbocycles. The van der Waals surface area contributed by atoms with Gasteiger partial charge in [-0.3, -0.25) is 0 Å². The minimum atomic E-state index is -0.0558. The van der Waals surface area contributed by atoms with Crippen LogP contribution in [0.5, 0.6) is 5.88 Å². The number of nitrogen functional groups attached to an aromatic ring is 1. The van der Waals surface area contributed by atoms with Gasteiger partial charge in [0.25, 0.3) is 0 Å². The maximum Gasteiger partial charge on any atom is 0.242 e. The summed E-state index contributed by atoms with van der Waals surface area (Å²) in [6.07, 6.45) is 1.92. The molecule has 1 fully saturated rings. The Bertz CT molecular complexity index is 471. The molecule has 0 bridgehead atoms. The van der Waals surface area contributed by atoms with Crippen molar-refractivity contribution in [1.29, 1.82) is 0 Å². The van der Waals surface area contributed by atoms with Gasteiger partial charge in [-0.15, -0.1) is 0 Å².